The van der Waals surface area contributed by atoms with Crippen molar-refractivity contribution in [3.05, 3.63) is 53.3 Å². The molecule has 1 amide bonds. The molecule has 0 aliphatic carbocycles. The third kappa shape index (κ3) is 2.87. The highest BCUT2D eigenvalue weighted by atomic mass is 16.5. The number of aromatic nitrogens is 1. The lowest BCUT2D eigenvalue weighted by Crippen LogP contribution is -2.13. The van der Waals surface area contributed by atoms with Crippen LogP contribution in [-0.2, 0) is 13.0 Å². The molecule has 5 nitrogen and oxygen atoms in total. The van der Waals surface area contributed by atoms with E-state index in [-0.39, 0.29) is 12.0 Å². The van der Waals surface area contributed by atoms with Crippen molar-refractivity contribution in [1.29, 1.82) is 0 Å². The molecule has 1 aliphatic heterocycles. The minimum Gasteiger partial charge on any atom is -0.490 e. The summed E-state index contributed by atoms with van der Waals surface area (Å²) < 4.78 is 5.65. The van der Waals surface area contributed by atoms with Crippen LogP contribution in [0.15, 0.2) is 36.5 Å². The summed E-state index contributed by atoms with van der Waals surface area (Å²) in [6.45, 7) is 2.35. The van der Waals surface area contributed by atoms with E-state index in [1.165, 1.54) is 0 Å². The first-order valence-corrected chi connectivity index (χ1v) is 6.91. The maximum Gasteiger partial charge on any atom is 0.255 e. The summed E-state index contributed by atoms with van der Waals surface area (Å²) in [5.41, 5.74) is 8.67. The number of amides is 1. The fourth-order valence-corrected chi connectivity index (χ4v) is 2.43. The number of rotatable bonds is 3. The fourth-order valence-electron chi connectivity index (χ4n) is 2.43. The van der Waals surface area contributed by atoms with Gasteiger partial charge in [-0.3, -0.25) is 9.78 Å². The zero-order valence-corrected chi connectivity index (χ0v) is 11.8. The Morgan fingerprint density at radius 3 is 3.10 bits per heavy atom. The normalized spacial score (nSPS) is 16.2. The van der Waals surface area contributed by atoms with Crippen LogP contribution in [0.5, 0.6) is 5.75 Å². The van der Waals surface area contributed by atoms with Gasteiger partial charge in [0.1, 0.15) is 11.9 Å². The Morgan fingerprint density at radius 2 is 2.29 bits per heavy atom. The Kier molecular flexibility index (Phi) is 3.58. The van der Waals surface area contributed by atoms with Crippen molar-refractivity contribution in [3.63, 3.8) is 0 Å². The summed E-state index contributed by atoms with van der Waals surface area (Å²) in [4.78, 5) is 16.3. The molecular weight excluding hydrogens is 266 g/mol. The van der Waals surface area contributed by atoms with Crippen molar-refractivity contribution in [3.8, 4) is 5.75 Å². The molecule has 1 aromatic carbocycles. The first-order valence-electron chi connectivity index (χ1n) is 6.91. The van der Waals surface area contributed by atoms with Crippen molar-refractivity contribution in [1.82, 2.24) is 4.98 Å². The minimum absolute atomic E-state index is 0.168. The largest absolute Gasteiger partial charge is 0.490 e. The van der Waals surface area contributed by atoms with Crippen molar-refractivity contribution in [2.75, 3.05) is 5.32 Å². The van der Waals surface area contributed by atoms with Gasteiger partial charge in [-0.05, 0) is 42.8 Å². The molecule has 2 aromatic rings. The number of fused-ring (bicyclic) bond motifs is 1. The Bertz CT molecular complexity index is 685. The molecule has 0 saturated heterocycles. The molecule has 5 heteroatoms. The first-order chi connectivity index (χ1) is 10.2. The number of nitrogens with one attached hydrogen (secondary N) is 1. The fraction of sp³-hybridized carbons (Fsp3) is 0.250. The molecule has 3 rings (SSSR count). The maximum absolute atomic E-state index is 12.2. The molecule has 0 bridgehead atoms. The van der Waals surface area contributed by atoms with Crippen LogP contribution in [0.4, 0.5) is 5.69 Å². The molecule has 0 fully saturated rings. The highest BCUT2D eigenvalue weighted by molar-refractivity contribution is 6.04. The number of benzene rings is 1. The van der Waals surface area contributed by atoms with Gasteiger partial charge in [-0.2, -0.15) is 0 Å². The van der Waals surface area contributed by atoms with Crippen LogP contribution in [-0.4, -0.2) is 17.0 Å². The van der Waals surface area contributed by atoms with Crippen LogP contribution >= 0.6 is 0 Å². The van der Waals surface area contributed by atoms with E-state index in [0.29, 0.717) is 17.8 Å². The zero-order chi connectivity index (χ0) is 14.8. The number of anilines is 1. The van der Waals surface area contributed by atoms with Crippen LogP contribution in [0.3, 0.4) is 0 Å². The molecule has 1 aliphatic rings. The summed E-state index contributed by atoms with van der Waals surface area (Å²) in [6.07, 6.45) is 2.65. The van der Waals surface area contributed by atoms with E-state index in [0.717, 1.165) is 23.4 Å². The lowest BCUT2D eigenvalue weighted by Gasteiger charge is -2.07. The number of ether oxygens (including phenoxy) is 1. The quantitative estimate of drug-likeness (QED) is 0.904. The smallest absolute Gasteiger partial charge is 0.255 e. The molecule has 2 heterocycles. The number of pyridine rings is 1. The number of carbonyl (C=O) groups excluding carboxylic acids is 1. The molecule has 21 heavy (non-hydrogen) atoms. The van der Waals surface area contributed by atoms with Crippen molar-refractivity contribution in [2.24, 2.45) is 5.73 Å². The third-order valence-corrected chi connectivity index (χ3v) is 3.44. The predicted molar refractivity (Wildman–Crippen MR) is 80.3 cm³/mol. The van der Waals surface area contributed by atoms with E-state index < -0.39 is 0 Å². The predicted octanol–water partition coefficient (Wildman–Crippen LogP) is 2.12. The third-order valence-electron chi connectivity index (χ3n) is 3.44. The van der Waals surface area contributed by atoms with E-state index in [1.807, 2.05) is 25.1 Å². The Balaban J connectivity index is 1.77. The van der Waals surface area contributed by atoms with Crippen LogP contribution in [0.1, 0.15) is 28.5 Å². The number of nitrogens with two attached hydrogens (primary N) is 1. The Morgan fingerprint density at radius 1 is 1.43 bits per heavy atom. The molecule has 0 saturated carbocycles. The summed E-state index contributed by atoms with van der Waals surface area (Å²) in [7, 11) is 0. The molecule has 3 N–H and O–H groups in total. The van der Waals surface area contributed by atoms with Gasteiger partial charge in [0.2, 0.25) is 0 Å². The molecule has 1 atom stereocenters. The Hall–Kier alpha value is -2.40. The van der Waals surface area contributed by atoms with Crippen LogP contribution < -0.4 is 15.8 Å². The van der Waals surface area contributed by atoms with Gasteiger partial charge in [0.05, 0.1) is 5.69 Å². The molecule has 0 radical (unpaired) electrons. The van der Waals surface area contributed by atoms with Gasteiger partial charge in [-0.15, -0.1) is 0 Å². The second kappa shape index (κ2) is 5.54. The summed E-state index contributed by atoms with van der Waals surface area (Å²) in [5.74, 6) is 0.730. The van der Waals surface area contributed by atoms with Gasteiger partial charge < -0.3 is 15.8 Å². The molecular formula is C16H17N3O2. The van der Waals surface area contributed by atoms with Crippen molar-refractivity contribution >= 4 is 11.6 Å². The lowest BCUT2D eigenvalue weighted by atomic mass is 10.1. The molecule has 1 aromatic heterocycles. The second-order valence-corrected chi connectivity index (χ2v) is 5.15. The van der Waals surface area contributed by atoms with E-state index in [4.69, 9.17) is 10.5 Å². The van der Waals surface area contributed by atoms with Crippen LogP contribution in [0.2, 0.25) is 0 Å². The minimum atomic E-state index is -0.168. The summed E-state index contributed by atoms with van der Waals surface area (Å²) in [5, 5.41) is 2.89. The summed E-state index contributed by atoms with van der Waals surface area (Å²) in [6, 6.07) is 9.08. The average Bonchev–Trinajstić information content (AvgIpc) is 2.86. The monoisotopic (exact) mass is 283 g/mol. The zero-order valence-electron chi connectivity index (χ0n) is 11.8. The second-order valence-electron chi connectivity index (χ2n) is 5.15. The highest BCUT2D eigenvalue weighted by Gasteiger charge is 2.19. The SMILES string of the molecule is CC1Cc2cc(NC(=O)c3ccnc(CN)c3)ccc2O1. The van der Waals surface area contributed by atoms with Gasteiger partial charge in [0.15, 0.2) is 0 Å². The number of nitrogens with zero attached hydrogens (tertiary/aromatic N) is 1. The van der Waals surface area contributed by atoms with Gasteiger partial charge in [0.25, 0.3) is 5.91 Å². The highest BCUT2D eigenvalue weighted by Crippen LogP contribution is 2.31. The van der Waals surface area contributed by atoms with E-state index in [2.05, 4.69) is 10.3 Å². The van der Waals surface area contributed by atoms with Gasteiger partial charge in [-0.1, -0.05) is 0 Å². The molecule has 0 spiro atoms. The van der Waals surface area contributed by atoms with Crippen molar-refractivity contribution < 1.29 is 9.53 Å². The molecule has 1 unspecified atom stereocenters. The van der Waals surface area contributed by atoms with Gasteiger partial charge in [-0.25, -0.2) is 0 Å². The van der Waals surface area contributed by atoms with E-state index >= 15 is 0 Å². The van der Waals surface area contributed by atoms with Crippen LogP contribution in [0.25, 0.3) is 0 Å². The Labute approximate surface area is 123 Å². The molecule has 108 valence electrons. The van der Waals surface area contributed by atoms with Gasteiger partial charge in [0, 0.05) is 30.4 Å². The average molecular weight is 283 g/mol. The van der Waals surface area contributed by atoms with Crippen LogP contribution in [0, 0.1) is 0 Å². The maximum atomic E-state index is 12.2. The first kappa shape index (κ1) is 13.6. The van der Waals surface area contributed by atoms with Crippen molar-refractivity contribution in [2.45, 2.75) is 26.0 Å². The topological polar surface area (TPSA) is 77.2 Å². The number of carbonyl (C=O) groups is 1. The standard InChI is InChI=1S/C16H17N3O2/c1-10-6-12-8-13(2-3-15(12)21-10)19-16(20)11-4-5-18-14(7-11)9-17/h2-5,7-8,10H,6,9,17H2,1H3,(H,19,20). The number of hydrogen-bond acceptors (Lipinski definition) is 4. The van der Waals surface area contributed by atoms with E-state index in [1.54, 1.807) is 18.3 Å². The van der Waals surface area contributed by atoms with E-state index in [9.17, 15) is 4.79 Å². The number of hydrogen-bond donors (Lipinski definition) is 2. The van der Waals surface area contributed by atoms with Gasteiger partial charge >= 0.3 is 0 Å². The lowest BCUT2D eigenvalue weighted by molar-refractivity contribution is 0.102. The summed E-state index contributed by atoms with van der Waals surface area (Å²) >= 11 is 0.